The number of rotatable bonds is 8. The largest absolute Gasteiger partial charge is 0.381 e. The van der Waals surface area contributed by atoms with Crippen LogP contribution in [0.1, 0.15) is 65.2 Å². The Morgan fingerprint density at radius 3 is 2.43 bits per heavy atom. The Morgan fingerprint density at radius 1 is 1.14 bits per heavy atom. The summed E-state index contributed by atoms with van der Waals surface area (Å²) in [7, 11) is 5.38. The van der Waals surface area contributed by atoms with E-state index in [1.54, 1.807) is 18.8 Å². The van der Waals surface area contributed by atoms with E-state index in [0.717, 1.165) is 45.1 Å². The van der Waals surface area contributed by atoms with Crippen LogP contribution in [0, 0.1) is 29.1 Å². The second-order valence-electron chi connectivity index (χ2n) is 12.1. The number of methoxy groups -OCH3 is 2. The third kappa shape index (κ3) is 6.84. The maximum absolute atomic E-state index is 14.1. The van der Waals surface area contributed by atoms with Gasteiger partial charge in [0.1, 0.15) is 6.17 Å². The molecular formula is C28H48FN5O3. The Morgan fingerprint density at radius 2 is 1.84 bits per heavy atom. The molecule has 9 heteroatoms. The Balaban J connectivity index is 1.46. The maximum atomic E-state index is 14.1. The van der Waals surface area contributed by atoms with Crippen LogP contribution < -0.4 is 16.3 Å². The molecule has 1 aromatic rings. The molecule has 0 spiro atoms. The van der Waals surface area contributed by atoms with E-state index in [2.05, 4.69) is 24.5 Å². The van der Waals surface area contributed by atoms with E-state index in [1.807, 2.05) is 24.0 Å². The molecule has 1 aromatic heterocycles. The molecule has 1 saturated heterocycles. The number of aryl methyl sites for hydroxylation is 1. The van der Waals surface area contributed by atoms with Crippen molar-refractivity contribution in [3.8, 4) is 0 Å². The van der Waals surface area contributed by atoms with Gasteiger partial charge >= 0.3 is 0 Å². The second kappa shape index (κ2) is 12.4. The van der Waals surface area contributed by atoms with Gasteiger partial charge in [0.25, 0.3) is 0 Å². The number of imidazole rings is 1. The monoisotopic (exact) mass is 521 g/mol. The van der Waals surface area contributed by atoms with Gasteiger partial charge in [-0.3, -0.25) is 10.2 Å². The average Bonchev–Trinajstić information content (AvgIpc) is 3.20. The molecule has 1 amide bonds. The molecule has 9 atom stereocenters. The predicted molar refractivity (Wildman–Crippen MR) is 141 cm³/mol. The van der Waals surface area contributed by atoms with Gasteiger partial charge in [-0.25, -0.2) is 4.39 Å². The smallest absolute Gasteiger partial charge is 0.237 e. The fraction of sp³-hybridized carbons (Fsp3) is 0.857. The van der Waals surface area contributed by atoms with Crippen molar-refractivity contribution in [1.29, 1.82) is 5.41 Å². The van der Waals surface area contributed by atoms with Gasteiger partial charge < -0.3 is 29.2 Å². The Labute approximate surface area is 221 Å². The number of amides is 1. The van der Waals surface area contributed by atoms with E-state index in [9.17, 15) is 9.18 Å². The van der Waals surface area contributed by atoms with Crippen molar-refractivity contribution < 1.29 is 18.7 Å². The molecule has 3 aliphatic rings. The molecule has 0 radical (unpaired) electrons. The number of nitrogens with zero attached hydrogens (tertiary/aromatic N) is 2. The first-order valence-electron chi connectivity index (χ1n) is 14.2. The van der Waals surface area contributed by atoms with E-state index in [0.29, 0.717) is 30.3 Å². The van der Waals surface area contributed by atoms with Crippen LogP contribution in [0.5, 0.6) is 0 Å². The fourth-order valence-corrected chi connectivity index (χ4v) is 7.21. The van der Waals surface area contributed by atoms with Gasteiger partial charge in [-0.15, -0.1) is 0 Å². The summed E-state index contributed by atoms with van der Waals surface area (Å²) in [5.41, 5.74) is 0.466. The molecule has 3 fully saturated rings. The van der Waals surface area contributed by atoms with Crippen LogP contribution in [0.2, 0.25) is 0 Å². The van der Waals surface area contributed by atoms with E-state index in [1.165, 1.54) is 0 Å². The Hall–Kier alpha value is -1.71. The number of hydrogen-bond donors (Lipinski definition) is 3. The minimum Gasteiger partial charge on any atom is -0.381 e. The van der Waals surface area contributed by atoms with E-state index in [-0.39, 0.29) is 48.1 Å². The number of piperidine rings is 1. The molecule has 0 aromatic carbocycles. The first-order valence-corrected chi connectivity index (χ1v) is 14.2. The van der Waals surface area contributed by atoms with E-state index in [4.69, 9.17) is 14.9 Å². The third-order valence-corrected chi connectivity index (χ3v) is 9.51. The molecule has 2 aliphatic carbocycles. The summed E-state index contributed by atoms with van der Waals surface area (Å²) in [5.74, 6) is 1.27. The van der Waals surface area contributed by atoms with Crippen molar-refractivity contribution in [2.24, 2.45) is 30.7 Å². The minimum atomic E-state index is -0.710. The van der Waals surface area contributed by atoms with Gasteiger partial charge in [-0.05, 0) is 82.0 Å². The maximum Gasteiger partial charge on any atom is 0.237 e. The van der Waals surface area contributed by atoms with Crippen molar-refractivity contribution in [3.05, 3.63) is 18.0 Å². The first-order chi connectivity index (χ1) is 17.7. The number of carbonyl (C=O) groups excluding carboxylic acids is 1. The van der Waals surface area contributed by atoms with Crippen molar-refractivity contribution in [1.82, 2.24) is 19.8 Å². The van der Waals surface area contributed by atoms with Gasteiger partial charge in [0.15, 0.2) is 0 Å². The minimum absolute atomic E-state index is 0.0213. The lowest BCUT2D eigenvalue weighted by Crippen LogP contribution is -2.58. The highest BCUT2D eigenvalue weighted by molar-refractivity contribution is 5.82. The number of halogens is 1. The molecule has 9 unspecified atom stereocenters. The molecule has 2 saturated carbocycles. The van der Waals surface area contributed by atoms with Crippen LogP contribution in [0.25, 0.3) is 0 Å². The molecule has 3 N–H and O–H groups in total. The zero-order chi connectivity index (χ0) is 26.7. The highest BCUT2D eigenvalue weighted by atomic mass is 19.1. The second-order valence-corrected chi connectivity index (χ2v) is 12.1. The normalized spacial score (nSPS) is 37.7. The molecule has 37 heavy (non-hydrogen) atoms. The summed E-state index contributed by atoms with van der Waals surface area (Å²) < 4.78 is 29.2. The molecule has 2 heterocycles. The quantitative estimate of drug-likeness (QED) is 0.490. The SMILES string of the molecule is COC1CC(OC)CC(C(C)NC(=O)C2CC(Cn3ccn(C)c3=N)CC(C3CCC(F)CC3C)N2)C1. The lowest BCUT2D eigenvalue weighted by molar-refractivity contribution is -0.126. The predicted octanol–water partition coefficient (Wildman–Crippen LogP) is 3.15. The van der Waals surface area contributed by atoms with Crippen LogP contribution >= 0.6 is 0 Å². The first kappa shape index (κ1) is 28.3. The van der Waals surface area contributed by atoms with Crippen molar-refractivity contribution in [3.63, 3.8) is 0 Å². The summed E-state index contributed by atoms with van der Waals surface area (Å²) in [6, 6.07) is -0.0933. The van der Waals surface area contributed by atoms with Gasteiger partial charge in [0, 0.05) is 52.3 Å². The van der Waals surface area contributed by atoms with Crippen molar-refractivity contribution in [2.45, 2.75) is 108 Å². The van der Waals surface area contributed by atoms with Crippen LogP contribution in [-0.4, -0.2) is 65.8 Å². The molecule has 1 aliphatic heterocycles. The highest BCUT2D eigenvalue weighted by Crippen LogP contribution is 2.38. The van der Waals surface area contributed by atoms with Gasteiger partial charge in [-0.1, -0.05) is 6.92 Å². The van der Waals surface area contributed by atoms with Crippen LogP contribution in [0.4, 0.5) is 4.39 Å². The summed E-state index contributed by atoms with van der Waals surface area (Å²) >= 11 is 0. The number of carbonyl (C=O) groups is 1. The van der Waals surface area contributed by atoms with Crippen LogP contribution in [-0.2, 0) is 27.9 Å². The number of hydrogen-bond acceptors (Lipinski definition) is 5. The van der Waals surface area contributed by atoms with E-state index >= 15 is 0 Å². The molecular weight excluding hydrogens is 473 g/mol. The summed E-state index contributed by atoms with van der Waals surface area (Å²) in [4.78, 5) is 13.6. The molecule has 4 rings (SSSR count). The standard InChI is InChI=1S/C28H48FN5O3/c1-17-10-21(29)6-7-24(17)25-11-19(16-34-9-8-33(3)28(34)30)12-26(32-25)27(35)31-18(2)20-13-22(36-4)15-23(14-20)37-5/h8-9,17-26,30,32H,6-7,10-16H2,1-5H3,(H,31,35). The number of ether oxygens (including phenoxy) is 2. The van der Waals surface area contributed by atoms with Gasteiger partial charge in [0.05, 0.1) is 18.2 Å². The van der Waals surface area contributed by atoms with Crippen LogP contribution in [0.15, 0.2) is 12.4 Å². The van der Waals surface area contributed by atoms with Crippen LogP contribution in [0.3, 0.4) is 0 Å². The fourth-order valence-electron chi connectivity index (χ4n) is 7.21. The third-order valence-electron chi connectivity index (χ3n) is 9.51. The van der Waals surface area contributed by atoms with Gasteiger partial charge in [0.2, 0.25) is 11.5 Å². The summed E-state index contributed by atoms with van der Waals surface area (Å²) in [5, 5.41) is 15.4. The summed E-state index contributed by atoms with van der Waals surface area (Å²) in [6.07, 6.45) is 9.94. The van der Waals surface area contributed by atoms with Crippen molar-refractivity contribution >= 4 is 5.91 Å². The zero-order valence-corrected chi connectivity index (χ0v) is 23.3. The Kier molecular flexibility index (Phi) is 9.51. The molecule has 210 valence electrons. The summed E-state index contributed by atoms with van der Waals surface area (Å²) in [6.45, 7) is 4.98. The topological polar surface area (TPSA) is 93.3 Å². The zero-order valence-electron chi connectivity index (χ0n) is 23.3. The Bertz CT molecular complexity index is 938. The number of nitrogens with one attached hydrogen (secondary N) is 3. The average molecular weight is 522 g/mol. The molecule has 0 bridgehead atoms. The lowest BCUT2D eigenvalue weighted by Gasteiger charge is -2.44. The number of aromatic nitrogens is 2. The highest BCUT2D eigenvalue weighted by Gasteiger charge is 2.41. The van der Waals surface area contributed by atoms with Gasteiger partial charge in [-0.2, -0.15) is 0 Å². The molecule has 8 nitrogen and oxygen atoms in total. The van der Waals surface area contributed by atoms with Crippen molar-refractivity contribution in [2.75, 3.05) is 14.2 Å². The van der Waals surface area contributed by atoms with E-state index < -0.39 is 6.17 Å². The lowest BCUT2D eigenvalue weighted by atomic mass is 9.71. The number of alkyl halides is 1.